The predicted molar refractivity (Wildman–Crippen MR) is 81.2 cm³/mol. The van der Waals surface area contributed by atoms with Crippen LogP contribution in [0.2, 0.25) is 0 Å². The van der Waals surface area contributed by atoms with Gasteiger partial charge in [0.1, 0.15) is 0 Å². The third kappa shape index (κ3) is 2.93. The minimum atomic E-state index is -0.778. The van der Waals surface area contributed by atoms with Gasteiger partial charge in [-0.3, -0.25) is 0 Å². The van der Waals surface area contributed by atoms with Crippen molar-refractivity contribution >= 4 is 11.6 Å². The Hall–Kier alpha value is -1.05. The van der Waals surface area contributed by atoms with Crippen LogP contribution in [-0.4, -0.2) is 10.7 Å². The molecule has 0 saturated heterocycles. The quantitative estimate of drug-likeness (QED) is 0.861. The third-order valence-electron chi connectivity index (χ3n) is 4.08. The fourth-order valence-corrected chi connectivity index (χ4v) is 3.17. The van der Waals surface area contributed by atoms with Crippen LogP contribution in [0.25, 0.3) is 0 Å². The van der Waals surface area contributed by atoms with Gasteiger partial charge in [0.25, 0.3) is 0 Å². The van der Waals surface area contributed by atoms with E-state index in [2.05, 4.69) is 19.1 Å². The Bertz CT molecular complexity index is 489. The Labute approximate surface area is 120 Å². The molecule has 0 amide bonds. The lowest BCUT2D eigenvalue weighted by molar-refractivity contribution is 0.0362. The van der Waals surface area contributed by atoms with Crippen LogP contribution in [0.5, 0.6) is 0 Å². The van der Waals surface area contributed by atoms with Crippen molar-refractivity contribution in [1.82, 2.24) is 0 Å². The Morgan fingerprint density at radius 3 is 2.47 bits per heavy atom. The van der Waals surface area contributed by atoms with Crippen LogP contribution in [-0.2, 0) is 6.42 Å². The van der Waals surface area contributed by atoms with Crippen molar-refractivity contribution in [3.8, 4) is 0 Å². The lowest BCUT2D eigenvalue weighted by atomic mass is 9.73. The molecule has 1 nitrogen and oxygen atoms in total. The molecule has 2 unspecified atom stereocenters. The van der Waals surface area contributed by atoms with Crippen LogP contribution in [0.15, 0.2) is 53.1 Å². The number of halogens is 1. The van der Waals surface area contributed by atoms with E-state index in [1.165, 1.54) is 5.56 Å². The van der Waals surface area contributed by atoms with Gasteiger partial charge in [-0.05, 0) is 36.5 Å². The lowest BCUT2D eigenvalue weighted by Crippen LogP contribution is -2.39. The van der Waals surface area contributed by atoms with E-state index >= 15 is 0 Å². The smallest absolute Gasteiger partial charge is 0.0897 e. The number of benzene rings is 1. The van der Waals surface area contributed by atoms with Crippen LogP contribution >= 0.6 is 11.6 Å². The maximum atomic E-state index is 10.8. The Morgan fingerprint density at radius 1 is 1.21 bits per heavy atom. The molecule has 1 aromatic carbocycles. The van der Waals surface area contributed by atoms with Crippen molar-refractivity contribution in [3.63, 3.8) is 0 Å². The summed E-state index contributed by atoms with van der Waals surface area (Å²) in [4.78, 5) is 0. The van der Waals surface area contributed by atoms with Crippen molar-refractivity contribution in [1.29, 1.82) is 0 Å². The second kappa shape index (κ2) is 5.94. The summed E-state index contributed by atoms with van der Waals surface area (Å²) in [5, 5.41) is 11.6. The highest BCUT2D eigenvalue weighted by molar-refractivity contribution is 6.31. The summed E-state index contributed by atoms with van der Waals surface area (Å²) in [6.07, 6.45) is 6.13. The largest absolute Gasteiger partial charge is 0.385 e. The molecule has 0 aliphatic heterocycles. The molecular weight excluding hydrogens is 256 g/mol. The third-order valence-corrected chi connectivity index (χ3v) is 4.45. The molecule has 102 valence electrons. The molecule has 0 spiro atoms. The molecule has 0 heterocycles. The van der Waals surface area contributed by atoms with Crippen molar-refractivity contribution in [3.05, 3.63) is 58.7 Å². The Morgan fingerprint density at radius 2 is 1.89 bits per heavy atom. The van der Waals surface area contributed by atoms with Crippen LogP contribution in [0.1, 0.15) is 32.3 Å². The zero-order valence-electron chi connectivity index (χ0n) is 11.6. The van der Waals surface area contributed by atoms with E-state index in [0.29, 0.717) is 6.42 Å². The van der Waals surface area contributed by atoms with Crippen molar-refractivity contribution in [2.24, 2.45) is 5.92 Å². The van der Waals surface area contributed by atoms with E-state index in [4.69, 9.17) is 11.6 Å². The fraction of sp³-hybridized carbons (Fsp3) is 0.412. The van der Waals surface area contributed by atoms with Gasteiger partial charge in [-0.2, -0.15) is 0 Å². The molecule has 0 radical (unpaired) electrons. The number of aliphatic hydroxyl groups is 1. The lowest BCUT2D eigenvalue weighted by Gasteiger charge is -2.38. The molecule has 1 aliphatic rings. The second-order valence-corrected chi connectivity index (χ2v) is 5.55. The first-order chi connectivity index (χ1) is 9.10. The molecule has 0 fully saturated rings. The minimum absolute atomic E-state index is 0.0717. The van der Waals surface area contributed by atoms with Gasteiger partial charge in [-0.1, -0.05) is 61.9 Å². The molecule has 2 atom stereocenters. The van der Waals surface area contributed by atoms with Gasteiger partial charge < -0.3 is 5.11 Å². The number of rotatable bonds is 4. The van der Waals surface area contributed by atoms with Crippen molar-refractivity contribution in [2.45, 2.75) is 38.7 Å². The predicted octanol–water partition coefficient (Wildman–Crippen LogP) is 4.46. The molecule has 1 aromatic rings. The molecule has 2 heteroatoms. The standard InChI is InChI=1S/C17H21ClO/c1-3-14-15(12-13-8-6-5-7-9-13)17(19,4-2)11-10-16(14)18/h5-11,15,19H,3-4,12H2,1-2H3. The SMILES string of the molecule is CCC1=C(Cl)C=CC(O)(CC)C1Cc1ccccc1. The van der Waals surface area contributed by atoms with Gasteiger partial charge in [-0.25, -0.2) is 0 Å². The summed E-state index contributed by atoms with van der Waals surface area (Å²) in [6, 6.07) is 10.3. The summed E-state index contributed by atoms with van der Waals surface area (Å²) in [5.41, 5.74) is 1.63. The van der Waals surface area contributed by atoms with Gasteiger partial charge in [-0.15, -0.1) is 0 Å². The molecule has 1 N–H and O–H groups in total. The van der Waals surface area contributed by atoms with E-state index in [1.54, 1.807) is 0 Å². The number of hydrogen-bond donors (Lipinski definition) is 1. The molecule has 2 rings (SSSR count). The second-order valence-electron chi connectivity index (χ2n) is 5.15. The summed E-state index contributed by atoms with van der Waals surface area (Å²) in [5.74, 6) is 0.0717. The molecule has 0 saturated carbocycles. The molecule has 19 heavy (non-hydrogen) atoms. The summed E-state index contributed by atoms with van der Waals surface area (Å²) < 4.78 is 0. The normalized spacial score (nSPS) is 26.8. The Balaban J connectivity index is 2.34. The summed E-state index contributed by atoms with van der Waals surface area (Å²) in [7, 11) is 0. The van der Waals surface area contributed by atoms with Gasteiger partial charge in [0, 0.05) is 11.0 Å². The van der Waals surface area contributed by atoms with E-state index in [-0.39, 0.29) is 5.92 Å². The van der Waals surface area contributed by atoms with Crippen LogP contribution in [0.4, 0.5) is 0 Å². The maximum absolute atomic E-state index is 10.8. The van der Waals surface area contributed by atoms with E-state index in [0.717, 1.165) is 23.4 Å². The molecule has 1 aliphatic carbocycles. The zero-order chi connectivity index (χ0) is 13.9. The highest BCUT2D eigenvalue weighted by atomic mass is 35.5. The monoisotopic (exact) mass is 276 g/mol. The highest BCUT2D eigenvalue weighted by Gasteiger charge is 2.37. The van der Waals surface area contributed by atoms with Crippen LogP contribution in [0, 0.1) is 5.92 Å². The summed E-state index contributed by atoms with van der Waals surface area (Å²) >= 11 is 6.31. The first kappa shape index (κ1) is 14.4. The highest BCUT2D eigenvalue weighted by Crippen LogP contribution is 2.40. The number of allylic oxidation sites excluding steroid dienone is 2. The molecular formula is C17H21ClO. The van der Waals surface area contributed by atoms with E-state index < -0.39 is 5.60 Å². The van der Waals surface area contributed by atoms with E-state index in [1.807, 2.05) is 37.3 Å². The average Bonchev–Trinajstić information content (AvgIpc) is 2.44. The van der Waals surface area contributed by atoms with Crippen molar-refractivity contribution in [2.75, 3.05) is 0 Å². The first-order valence-corrected chi connectivity index (χ1v) is 7.32. The minimum Gasteiger partial charge on any atom is -0.385 e. The maximum Gasteiger partial charge on any atom is 0.0897 e. The summed E-state index contributed by atoms with van der Waals surface area (Å²) in [6.45, 7) is 4.12. The van der Waals surface area contributed by atoms with Gasteiger partial charge >= 0.3 is 0 Å². The van der Waals surface area contributed by atoms with Gasteiger partial charge in [0.2, 0.25) is 0 Å². The van der Waals surface area contributed by atoms with Gasteiger partial charge in [0.15, 0.2) is 0 Å². The molecule has 0 aromatic heterocycles. The number of hydrogen-bond acceptors (Lipinski definition) is 1. The van der Waals surface area contributed by atoms with Crippen LogP contribution < -0.4 is 0 Å². The first-order valence-electron chi connectivity index (χ1n) is 6.94. The fourth-order valence-electron chi connectivity index (χ4n) is 2.84. The zero-order valence-corrected chi connectivity index (χ0v) is 12.3. The van der Waals surface area contributed by atoms with Crippen LogP contribution in [0.3, 0.4) is 0 Å². The molecule has 0 bridgehead atoms. The average molecular weight is 277 g/mol. The topological polar surface area (TPSA) is 20.2 Å². The van der Waals surface area contributed by atoms with Crippen molar-refractivity contribution < 1.29 is 5.11 Å². The van der Waals surface area contributed by atoms with Gasteiger partial charge in [0.05, 0.1) is 5.60 Å². The Kier molecular flexibility index (Phi) is 4.49. The van der Waals surface area contributed by atoms with E-state index in [9.17, 15) is 5.11 Å².